The molecule has 0 saturated carbocycles. The minimum absolute atomic E-state index is 0.415. The number of halogens is 2. The lowest BCUT2D eigenvalue weighted by Gasteiger charge is -2.08. The molecule has 2 rings (SSSR count). The van der Waals surface area contributed by atoms with Gasteiger partial charge in [-0.1, -0.05) is 44.0 Å². The Morgan fingerprint density at radius 2 is 2.13 bits per heavy atom. The molecule has 0 amide bonds. The number of thiophene rings is 1. The molecule has 0 spiro atoms. The first-order valence-electron chi connectivity index (χ1n) is 4.66. The Morgan fingerprint density at radius 3 is 2.80 bits per heavy atom. The van der Waals surface area contributed by atoms with Crippen LogP contribution in [0.4, 0.5) is 0 Å². The van der Waals surface area contributed by atoms with E-state index in [9.17, 15) is 0 Å². The first-order valence-corrected chi connectivity index (χ1v) is 7.31. The zero-order valence-corrected chi connectivity index (χ0v) is 12.0. The minimum atomic E-state index is 0.415. The predicted molar refractivity (Wildman–Crippen MR) is 73.8 cm³/mol. The van der Waals surface area contributed by atoms with Gasteiger partial charge in [-0.05, 0) is 46.5 Å². The van der Waals surface area contributed by atoms with Crippen LogP contribution >= 0.6 is 43.2 Å². The molecule has 0 saturated heterocycles. The van der Waals surface area contributed by atoms with Crippen LogP contribution in [-0.2, 0) is 6.42 Å². The van der Waals surface area contributed by atoms with Crippen LogP contribution in [0.25, 0.3) is 0 Å². The second-order valence-electron chi connectivity index (χ2n) is 3.36. The standard InChI is InChI=1S/C12H10Br2S/c13-11-3-1-2-9(6-11)7-12(14)10-4-5-15-8-10/h1-6,8,12H,7H2. The van der Waals surface area contributed by atoms with Gasteiger partial charge < -0.3 is 0 Å². The Labute approximate surface area is 111 Å². The molecule has 3 heteroatoms. The van der Waals surface area contributed by atoms with Crippen LogP contribution in [0.5, 0.6) is 0 Å². The molecule has 0 radical (unpaired) electrons. The zero-order chi connectivity index (χ0) is 10.7. The molecule has 0 nitrogen and oxygen atoms in total. The summed E-state index contributed by atoms with van der Waals surface area (Å²) in [5.74, 6) is 0. The van der Waals surface area contributed by atoms with Crippen LogP contribution in [0, 0.1) is 0 Å². The lowest BCUT2D eigenvalue weighted by atomic mass is 10.1. The topological polar surface area (TPSA) is 0 Å². The van der Waals surface area contributed by atoms with Gasteiger partial charge in [-0.2, -0.15) is 11.3 Å². The van der Waals surface area contributed by atoms with E-state index >= 15 is 0 Å². The van der Waals surface area contributed by atoms with E-state index in [0.29, 0.717) is 4.83 Å². The third-order valence-corrected chi connectivity index (χ3v) is 4.26. The highest BCUT2D eigenvalue weighted by Gasteiger charge is 2.08. The molecule has 15 heavy (non-hydrogen) atoms. The highest BCUT2D eigenvalue weighted by Crippen LogP contribution is 2.29. The van der Waals surface area contributed by atoms with E-state index in [0.717, 1.165) is 10.9 Å². The van der Waals surface area contributed by atoms with Gasteiger partial charge in [-0.3, -0.25) is 0 Å². The maximum atomic E-state index is 3.72. The van der Waals surface area contributed by atoms with Gasteiger partial charge in [-0.25, -0.2) is 0 Å². The van der Waals surface area contributed by atoms with E-state index in [1.165, 1.54) is 11.1 Å². The van der Waals surface area contributed by atoms with Crippen molar-refractivity contribution in [3.63, 3.8) is 0 Å². The molecular formula is C12H10Br2S. The molecule has 0 N–H and O–H groups in total. The van der Waals surface area contributed by atoms with Crippen LogP contribution in [0.15, 0.2) is 45.6 Å². The molecule has 1 atom stereocenters. The Bertz CT molecular complexity index is 423. The number of benzene rings is 1. The largest absolute Gasteiger partial charge is 0.152 e. The molecule has 0 fully saturated rings. The van der Waals surface area contributed by atoms with Crippen LogP contribution in [-0.4, -0.2) is 0 Å². The van der Waals surface area contributed by atoms with Crippen molar-refractivity contribution in [3.05, 3.63) is 56.7 Å². The van der Waals surface area contributed by atoms with Gasteiger partial charge in [0.15, 0.2) is 0 Å². The maximum absolute atomic E-state index is 3.72. The minimum Gasteiger partial charge on any atom is -0.152 e. The van der Waals surface area contributed by atoms with Crippen molar-refractivity contribution < 1.29 is 0 Å². The average Bonchev–Trinajstić information content (AvgIpc) is 2.70. The third-order valence-electron chi connectivity index (χ3n) is 2.21. The maximum Gasteiger partial charge on any atom is 0.0443 e. The van der Waals surface area contributed by atoms with Crippen molar-refractivity contribution in [2.24, 2.45) is 0 Å². The van der Waals surface area contributed by atoms with Crippen LogP contribution in [0.1, 0.15) is 16.0 Å². The van der Waals surface area contributed by atoms with Crippen LogP contribution < -0.4 is 0 Å². The van der Waals surface area contributed by atoms with Crippen molar-refractivity contribution >= 4 is 43.2 Å². The Morgan fingerprint density at radius 1 is 1.27 bits per heavy atom. The van der Waals surface area contributed by atoms with E-state index in [1.807, 2.05) is 0 Å². The summed E-state index contributed by atoms with van der Waals surface area (Å²) in [6, 6.07) is 10.6. The monoisotopic (exact) mass is 344 g/mol. The Balaban J connectivity index is 2.09. The highest BCUT2D eigenvalue weighted by atomic mass is 79.9. The predicted octanol–water partition coefficient (Wildman–Crippen LogP) is 5.19. The van der Waals surface area contributed by atoms with Gasteiger partial charge in [-0.15, -0.1) is 0 Å². The van der Waals surface area contributed by atoms with E-state index < -0.39 is 0 Å². The summed E-state index contributed by atoms with van der Waals surface area (Å²) in [5, 5.41) is 4.31. The Hall–Kier alpha value is -0.120. The van der Waals surface area contributed by atoms with Gasteiger partial charge in [0.2, 0.25) is 0 Å². The van der Waals surface area contributed by atoms with Gasteiger partial charge in [0.05, 0.1) is 0 Å². The molecule has 1 aromatic carbocycles. The lowest BCUT2D eigenvalue weighted by molar-refractivity contribution is 0.953. The smallest absolute Gasteiger partial charge is 0.0443 e. The number of hydrogen-bond acceptors (Lipinski definition) is 1. The van der Waals surface area contributed by atoms with Gasteiger partial charge in [0.1, 0.15) is 0 Å². The van der Waals surface area contributed by atoms with Crippen molar-refractivity contribution in [1.29, 1.82) is 0 Å². The third kappa shape index (κ3) is 3.16. The summed E-state index contributed by atoms with van der Waals surface area (Å²) < 4.78 is 1.14. The first kappa shape index (κ1) is 11.4. The van der Waals surface area contributed by atoms with Gasteiger partial charge >= 0.3 is 0 Å². The fraction of sp³-hybridized carbons (Fsp3) is 0.167. The quantitative estimate of drug-likeness (QED) is 0.671. The molecule has 78 valence electrons. The zero-order valence-electron chi connectivity index (χ0n) is 7.99. The average molecular weight is 346 g/mol. The highest BCUT2D eigenvalue weighted by molar-refractivity contribution is 9.10. The van der Waals surface area contributed by atoms with Crippen molar-refractivity contribution in [1.82, 2.24) is 0 Å². The Kier molecular flexibility index (Phi) is 4.00. The molecule has 0 aliphatic rings. The molecular weight excluding hydrogens is 336 g/mol. The van der Waals surface area contributed by atoms with E-state index in [2.05, 4.69) is 73.0 Å². The number of rotatable bonds is 3. The molecule has 0 aliphatic carbocycles. The van der Waals surface area contributed by atoms with E-state index in [-0.39, 0.29) is 0 Å². The van der Waals surface area contributed by atoms with E-state index in [1.54, 1.807) is 11.3 Å². The molecule has 1 unspecified atom stereocenters. The summed E-state index contributed by atoms with van der Waals surface area (Å²) >= 11 is 8.95. The van der Waals surface area contributed by atoms with Crippen molar-refractivity contribution in [2.75, 3.05) is 0 Å². The van der Waals surface area contributed by atoms with Crippen molar-refractivity contribution in [2.45, 2.75) is 11.2 Å². The second kappa shape index (κ2) is 5.28. The normalized spacial score (nSPS) is 12.7. The summed E-state index contributed by atoms with van der Waals surface area (Å²) in [6.45, 7) is 0. The molecule has 1 heterocycles. The summed E-state index contributed by atoms with van der Waals surface area (Å²) in [7, 11) is 0. The van der Waals surface area contributed by atoms with Crippen LogP contribution in [0.2, 0.25) is 0 Å². The van der Waals surface area contributed by atoms with Crippen molar-refractivity contribution in [3.8, 4) is 0 Å². The second-order valence-corrected chi connectivity index (χ2v) is 6.16. The fourth-order valence-corrected chi connectivity index (χ4v) is 3.44. The molecule has 1 aromatic heterocycles. The van der Waals surface area contributed by atoms with Crippen LogP contribution in [0.3, 0.4) is 0 Å². The molecule has 0 aliphatic heterocycles. The van der Waals surface area contributed by atoms with Gasteiger partial charge in [0, 0.05) is 9.30 Å². The number of alkyl halides is 1. The lowest BCUT2D eigenvalue weighted by Crippen LogP contribution is -1.93. The molecule has 0 bridgehead atoms. The summed E-state index contributed by atoms with van der Waals surface area (Å²) in [5.41, 5.74) is 2.71. The summed E-state index contributed by atoms with van der Waals surface area (Å²) in [4.78, 5) is 0.415. The number of hydrogen-bond donors (Lipinski definition) is 0. The summed E-state index contributed by atoms with van der Waals surface area (Å²) in [6.07, 6.45) is 1.02. The fourth-order valence-electron chi connectivity index (χ4n) is 1.44. The van der Waals surface area contributed by atoms with E-state index in [4.69, 9.17) is 0 Å². The first-order chi connectivity index (χ1) is 7.25. The van der Waals surface area contributed by atoms with Gasteiger partial charge in [0.25, 0.3) is 0 Å². The SMILES string of the molecule is Brc1cccc(CC(Br)c2ccsc2)c1. The molecule has 2 aromatic rings.